The Balaban J connectivity index is 1.22. The fourth-order valence-corrected chi connectivity index (χ4v) is 6.91. The van der Waals surface area contributed by atoms with E-state index in [4.69, 9.17) is 10.5 Å². The fourth-order valence-electron chi connectivity index (χ4n) is 5.61. The number of thioether (sulfide) groups is 1. The number of nitrogens with one attached hydrogen (secondary N) is 2. The monoisotopic (exact) mass is 726 g/mol. The highest BCUT2D eigenvalue weighted by Gasteiger charge is 2.49. The number of aliphatic hydroxyl groups is 1. The zero-order valence-electron chi connectivity index (χ0n) is 28.1. The zero-order chi connectivity index (χ0) is 36.8. The fraction of sp³-hybridized carbons (Fsp3) is 0.405. The lowest BCUT2D eigenvalue weighted by atomic mass is 9.92. The molecule has 0 radical (unpaired) electrons. The number of carboxylic acids is 1. The van der Waals surface area contributed by atoms with E-state index < -0.39 is 41.0 Å². The Bertz CT molecular complexity index is 1600. The third-order valence-corrected chi connectivity index (χ3v) is 9.74. The maximum atomic E-state index is 13.6. The van der Waals surface area contributed by atoms with Gasteiger partial charge in [0, 0.05) is 24.4 Å². The summed E-state index contributed by atoms with van der Waals surface area (Å²) in [4.78, 5) is 50.7. The first-order valence-electron chi connectivity index (χ1n) is 16.9. The lowest BCUT2D eigenvalue weighted by Gasteiger charge is -2.47. The molecule has 11 nitrogen and oxygen atoms in total. The number of β-lactam (4-membered cyclic amide) rings is 1. The number of anilines is 1. The molecule has 51 heavy (non-hydrogen) atoms. The molecule has 3 amide bonds. The van der Waals surface area contributed by atoms with Gasteiger partial charge in [-0.1, -0.05) is 30.7 Å². The summed E-state index contributed by atoms with van der Waals surface area (Å²) >= 11 is 1.28. The molecular formula is C37H44F2N4O7S. The zero-order valence-corrected chi connectivity index (χ0v) is 29.0. The summed E-state index contributed by atoms with van der Waals surface area (Å²) in [6, 6.07) is 16.8. The minimum atomic E-state index is -1.06. The molecular weight excluding hydrogens is 682 g/mol. The van der Waals surface area contributed by atoms with Crippen molar-refractivity contribution in [2.45, 2.75) is 68.4 Å². The summed E-state index contributed by atoms with van der Waals surface area (Å²) < 4.78 is 32.6. The van der Waals surface area contributed by atoms with Crippen LogP contribution in [0.5, 0.6) is 5.75 Å². The lowest BCUT2D eigenvalue weighted by molar-refractivity contribution is -0.142. The Morgan fingerprint density at radius 3 is 2.20 bits per heavy atom. The van der Waals surface area contributed by atoms with Crippen molar-refractivity contribution in [3.05, 3.63) is 95.6 Å². The maximum absolute atomic E-state index is 13.6. The Labute approximate surface area is 299 Å². The smallest absolute Gasteiger partial charge is 0.326 e. The summed E-state index contributed by atoms with van der Waals surface area (Å²) in [5.41, 5.74) is 7.29. The van der Waals surface area contributed by atoms with E-state index in [0.29, 0.717) is 68.6 Å². The largest absolute Gasteiger partial charge is 0.484 e. The van der Waals surface area contributed by atoms with Gasteiger partial charge in [-0.15, -0.1) is 11.8 Å². The van der Waals surface area contributed by atoms with E-state index in [-0.39, 0.29) is 36.5 Å². The number of hydrogen-bond acceptors (Lipinski definition) is 8. The highest BCUT2D eigenvalue weighted by Crippen LogP contribution is 2.46. The number of nitrogens with two attached hydrogens (primary N) is 1. The van der Waals surface area contributed by atoms with Crippen molar-refractivity contribution >= 4 is 41.1 Å². The second-order valence-electron chi connectivity index (χ2n) is 12.2. The molecule has 0 saturated carbocycles. The van der Waals surface area contributed by atoms with Crippen LogP contribution in [0.1, 0.15) is 68.2 Å². The van der Waals surface area contributed by atoms with Gasteiger partial charge in [0.25, 0.3) is 5.91 Å². The van der Waals surface area contributed by atoms with Gasteiger partial charge in [0.15, 0.2) is 6.61 Å². The molecule has 14 heteroatoms. The van der Waals surface area contributed by atoms with E-state index in [0.717, 1.165) is 5.56 Å². The molecule has 1 fully saturated rings. The van der Waals surface area contributed by atoms with Crippen LogP contribution in [0.4, 0.5) is 14.5 Å². The minimum absolute atomic E-state index is 0.191. The van der Waals surface area contributed by atoms with E-state index in [2.05, 4.69) is 10.6 Å². The minimum Gasteiger partial charge on any atom is -0.484 e. The lowest BCUT2D eigenvalue weighted by Crippen LogP contribution is -2.57. The van der Waals surface area contributed by atoms with Gasteiger partial charge in [0.2, 0.25) is 11.8 Å². The number of carboxylic acid groups (broad SMARTS) is 1. The highest BCUT2D eigenvalue weighted by atomic mass is 32.2. The molecule has 4 atom stereocenters. The summed E-state index contributed by atoms with van der Waals surface area (Å²) in [7, 11) is 0. The van der Waals surface area contributed by atoms with E-state index in [1.165, 1.54) is 60.3 Å². The third-order valence-electron chi connectivity index (χ3n) is 8.41. The van der Waals surface area contributed by atoms with Crippen molar-refractivity contribution in [3.63, 3.8) is 0 Å². The molecule has 1 saturated heterocycles. The standard InChI is InChI=1S/C37H44F2N4O7S/c38-26-12-8-24(9-13-26)31(44)23-51-35-34(43(36(35)47)28-16-14-27(39)15-17-28)25-10-18-29(19-11-25)50-22-33(46)41-21-5-1-2-7-32(45)42-30(37(48)49)6-3-4-20-40/h8-19,30-31,34-35,44H,1-7,20-23,40H2,(H,41,46)(H,42,45)(H,48,49)/t30?,31-,34+,35+/m0/s1. The number of unbranched alkanes of at least 4 members (excludes halogenated alkanes) is 3. The van der Waals surface area contributed by atoms with Crippen LogP contribution >= 0.6 is 11.8 Å². The predicted octanol–water partition coefficient (Wildman–Crippen LogP) is 4.64. The van der Waals surface area contributed by atoms with E-state index in [1.54, 1.807) is 29.2 Å². The van der Waals surface area contributed by atoms with Gasteiger partial charge in [-0.25, -0.2) is 13.6 Å². The van der Waals surface area contributed by atoms with Gasteiger partial charge >= 0.3 is 5.97 Å². The SMILES string of the molecule is NCCCCC(NC(=O)CCCCCNC(=O)COc1ccc([C@@H]2[C@@H](SC[C@H](O)c3ccc(F)cc3)C(=O)N2c2ccc(F)cc2)cc1)C(=O)O. The van der Waals surface area contributed by atoms with Gasteiger partial charge in [0.1, 0.15) is 28.7 Å². The molecule has 3 aromatic rings. The Kier molecular flexibility index (Phi) is 15.2. The summed E-state index contributed by atoms with van der Waals surface area (Å²) in [5, 5.41) is 24.7. The van der Waals surface area contributed by atoms with Gasteiger partial charge in [-0.2, -0.15) is 0 Å². The van der Waals surface area contributed by atoms with Crippen LogP contribution in [0.2, 0.25) is 0 Å². The molecule has 0 aliphatic carbocycles. The Hall–Kier alpha value is -4.53. The van der Waals surface area contributed by atoms with Crippen molar-refractivity contribution in [1.29, 1.82) is 0 Å². The average Bonchev–Trinajstić information content (AvgIpc) is 3.12. The Morgan fingerprint density at radius 2 is 1.55 bits per heavy atom. The number of carbonyl (C=O) groups excluding carboxylic acids is 3. The molecule has 1 aliphatic rings. The molecule has 274 valence electrons. The summed E-state index contributed by atoms with van der Waals surface area (Å²) in [6.07, 6.45) is 2.80. The van der Waals surface area contributed by atoms with Crippen LogP contribution in [0.25, 0.3) is 0 Å². The summed E-state index contributed by atoms with van der Waals surface area (Å²) in [6.45, 7) is 0.646. The van der Waals surface area contributed by atoms with Gasteiger partial charge in [0.05, 0.1) is 12.1 Å². The first-order chi connectivity index (χ1) is 24.6. The van der Waals surface area contributed by atoms with Crippen molar-refractivity contribution in [2.75, 3.05) is 30.3 Å². The molecule has 1 heterocycles. The number of hydrogen-bond donors (Lipinski definition) is 5. The average molecular weight is 727 g/mol. The second kappa shape index (κ2) is 19.8. The molecule has 1 unspecified atom stereocenters. The third kappa shape index (κ3) is 11.8. The number of halogens is 2. The molecule has 0 aromatic heterocycles. The highest BCUT2D eigenvalue weighted by molar-refractivity contribution is 8.00. The normalized spacial score (nSPS) is 16.5. The van der Waals surface area contributed by atoms with Gasteiger partial charge in [-0.3, -0.25) is 14.4 Å². The quantitative estimate of drug-likeness (QED) is 0.0775. The van der Waals surface area contributed by atoms with Crippen molar-refractivity contribution in [1.82, 2.24) is 10.6 Å². The Morgan fingerprint density at radius 1 is 0.882 bits per heavy atom. The van der Waals surface area contributed by atoms with Crippen molar-refractivity contribution in [2.24, 2.45) is 5.73 Å². The molecule has 6 N–H and O–H groups in total. The number of benzene rings is 3. The predicted molar refractivity (Wildman–Crippen MR) is 190 cm³/mol. The number of nitrogens with zero attached hydrogens (tertiary/aromatic N) is 1. The van der Waals surface area contributed by atoms with E-state index >= 15 is 0 Å². The van der Waals surface area contributed by atoms with Crippen LogP contribution < -0.4 is 26.0 Å². The number of rotatable bonds is 21. The molecule has 4 rings (SSSR count). The molecule has 3 aromatic carbocycles. The van der Waals surface area contributed by atoms with Crippen LogP contribution in [-0.2, 0) is 19.2 Å². The summed E-state index contributed by atoms with van der Waals surface area (Å²) in [5.74, 6) is -2.09. The number of amides is 3. The number of carbonyl (C=O) groups is 4. The molecule has 0 bridgehead atoms. The van der Waals surface area contributed by atoms with Gasteiger partial charge < -0.3 is 36.2 Å². The van der Waals surface area contributed by atoms with E-state index in [9.17, 15) is 38.2 Å². The maximum Gasteiger partial charge on any atom is 0.326 e. The van der Waals surface area contributed by atoms with Crippen LogP contribution in [0.15, 0.2) is 72.8 Å². The first kappa shape index (κ1) is 39.3. The topological polar surface area (TPSA) is 171 Å². The van der Waals surface area contributed by atoms with Gasteiger partial charge in [-0.05, 0) is 98.3 Å². The second-order valence-corrected chi connectivity index (χ2v) is 13.4. The molecule has 0 spiro atoms. The van der Waals surface area contributed by atoms with Crippen LogP contribution in [0.3, 0.4) is 0 Å². The van der Waals surface area contributed by atoms with E-state index in [1.807, 2.05) is 0 Å². The van der Waals surface area contributed by atoms with Crippen LogP contribution in [0, 0.1) is 11.6 Å². The number of aliphatic carboxylic acids is 1. The number of ether oxygens (including phenoxy) is 1. The van der Waals surface area contributed by atoms with Crippen LogP contribution in [-0.4, -0.2) is 70.6 Å². The first-order valence-corrected chi connectivity index (χ1v) is 18.0. The number of aliphatic hydroxyl groups excluding tert-OH is 1. The molecule has 1 aliphatic heterocycles. The van der Waals surface area contributed by atoms with Crippen molar-refractivity contribution < 1.29 is 42.9 Å². The van der Waals surface area contributed by atoms with Crippen molar-refractivity contribution in [3.8, 4) is 5.75 Å².